The van der Waals surface area contributed by atoms with Crippen molar-refractivity contribution >= 4 is 5.91 Å². The summed E-state index contributed by atoms with van der Waals surface area (Å²) in [4.78, 5) is 21.0. The largest absolute Gasteiger partial charge is 0.457 e. The SMILES string of the molecule is O=C(NCCO)c1ccc(-c2cncc(-c3ccc(Oc4ccccc4)cc3)n2)cc1. The Labute approximate surface area is 180 Å². The van der Waals surface area contributed by atoms with Crippen molar-refractivity contribution in [2.45, 2.75) is 0 Å². The minimum absolute atomic E-state index is 0.0917. The molecule has 31 heavy (non-hydrogen) atoms. The summed E-state index contributed by atoms with van der Waals surface area (Å²) in [5.41, 5.74) is 3.76. The molecule has 4 rings (SSSR count). The number of hydrogen-bond donors (Lipinski definition) is 2. The fraction of sp³-hybridized carbons (Fsp3) is 0.0800. The van der Waals surface area contributed by atoms with Gasteiger partial charge in [0.05, 0.1) is 30.4 Å². The van der Waals surface area contributed by atoms with Gasteiger partial charge in [-0.2, -0.15) is 0 Å². The highest BCUT2D eigenvalue weighted by atomic mass is 16.5. The molecule has 0 unspecified atom stereocenters. The van der Waals surface area contributed by atoms with Crippen LogP contribution in [-0.2, 0) is 0 Å². The van der Waals surface area contributed by atoms with E-state index in [2.05, 4.69) is 10.3 Å². The molecular weight excluding hydrogens is 390 g/mol. The zero-order valence-corrected chi connectivity index (χ0v) is 16.7. The molecule has 0 spiro atoms. The summed E-state index contributed by atoms with van der Waals surface area (Å²) >= 11 is 0. The lowest BCUT2D eigenvalue weighted by molar-refractivity contribution is 0.0945. The molecule has 0 radical (unpaired) electrons. The molecule has 6 nitrogen and oxygen atoms in total. The van der Waals surface area contributed by atoms with Gasteiger partial charge in [-0.25, -0.2) is 4.98 Å². The fourth-order valence-electron chi connectivity index (χ4n) is 3.03. The Morgan fingerprint density at radius 3 is 2.00 bits per heavy atom. The van der Waals surface area contributed by atoms with E-state index < -0.39 is 0 Å². The van der Waals surface area contributed by atoms with Crippen LogP contribution in [0, 0.1) is 0 Å². The van der Waals surface area contributed by atoms with Crippen LogP contribution >= 0.6 is 0 Å². The highest BCUT2D eigenvalue weighted by molar-refractivity contribution is 5.94. The highest BCUT2D eigenvalue weighted by Crippen LogP contribution is 2.26. The number of aromatic nitrogens is 2. The number of aliphatic hydroxyl groups excluding tert-OH is 1. The van der Waals surface area contributed by atoms with E-state index in [4.69, 9.17) is 14.8 Å². The summed E-state index contributed by atoms with van der Waals surface area (Å²) in [6.07, 6.45) is 3.41. The number of hydrogen-bond acceptors (Lipinski definition) is 5. The van der Waals surface area contributed by atoms with Gasteiger partial charge >= 0.3 is 0 Å². The lowest BCUT2D eigenvalue weighted by atomic mass is 10.1. The van der Waals surface area contributed by atoms with Gasteiger partial charge in [-0.15, -0.1) is 0 Å². The van der Waals surface area contributed by atoms with E-state index in [1.807, 2.05) is 66.7 Å². The molecule has 0 saturated heterocycles. The number of benzene rings is 3. The minimum atomic E-state index is -0.224. The molecule has 0 bridgehead atoms. The van der Waals surface area contributed by atoms with Crippen LogP contribution in [0.15, 0.2) is 91.3 Å². The Bertz CT molecular complexity index is 1140. The highest BCUT2D eigenvalue weighted by Gasteiger charge is 2.08. The van der Waals surface area contributed by atoms with Crippen LogP contribution < -0.4 is 10.1 Å². The molecule has 3 aromatic carbocycles. The third-order valence-electron chi connectivity index (χ3n) is 4.60. The smallest absolute Gasteiger partial charge is 0.251 e. The number of amides is 1. The molecule has 1 amide bonds. The predicted octanol–water partition coefficient (Wildman–Crippen LogP) is 4.33. The van der Waals surface area contributed by atoms with Gasteiger partial charge in [0.15, 0.2) is 0 Å². The molecule has 0 fully saturated rings. The van der Waals surface area contributed by atoms with Gasteiger partial charge < -0.3 is 15.2 Å². The van der Waals surface area contributed by atoms with Crippen molar-refractivity contribution in [1.82, 2.24) is 15.3 Å². The van der Waals surface area contributed by atoms with Crippen molar-refractivity contribution in [1.29, 1.82) is 0 Å². The number of nitrogens with zero attached hydrogens (tertiary/aromatic N) is 2. The summed E-state index contributed by atoms with van der Waals surface area (Å²) in [7, 11) is 0. The summed E-state index contributed by atoms with van der Waals surface area (Å²) in [5, 5.41) is 11.5. The van der Waals surface area contributed by atoms with Crippen molar-refractivity contribution in [2.24, 2.45) is 0 Å². The Balaban J connectivity index is 1.50. The number of para-hydroxylation sites is 1. The molecule has 2 N–H and O–H groups in total. The van der Waals surface area contributed by atoms with E-state index in [1.165, 1.54) is 0 Å². The maximum Gasteiger partial charge on any atom is 0.251 e. The molecular formula is C25H21N3O3. The Morgan fingerprint density at radius 2 is 1.39 bits per heavy atom. The second-order valence-corrected chi connectivity index (χ2v) is 6.79. The first-order valence-electron chi connectivity index (χ1n) is 9.88. The quantitative estimate of drug-likeness (QED) is 0.473. The lowest BCUT2D eigenvalue weighted by Gasteiger charge is -2.08. The summed E-state index contributed by atoms with van der Waals surface area (Å²) in [6, 6.07) is 24.4. The number of nitrogens with one attached hydrogen (secondary N) is 1. The number of rotatable bonds is 7. The lowest BCUT2D eigenvalue weighted by Crippen LogP contribution is -2.26. The zero-order chi connectivity index (χ0) is 21.5. The first-order valence-corrected chi connectivity index (χ1v) is 9.88. The number of ether oxygens (including phenoxy) is 1. The number of carbonyl (C=O) groups is 1. The first kappa shape index (κ1) is 20.3. The topological polar surface area (TPSA) is 84.3 Å². The van der Waals surface area contributed by atoms with E-state index >= 15 is 0 Å². The molecule has 0 atom stereocenters. The van der Waals surface area contributed by atoms with Gasteiger partial charge in [-0.1, -0.05) is 30.3 Å². The number of carbonyl (C=O) groups excluding carboxylic acids is 1. The van der Waals surface area contributed by atoms with Gasteiger partial charge in [0.1, 0.15) is 11.5 Å². The predicted molar refractivity (Wildman–Crippen MR) is 119 cm³/mol. The summed E-state index contributed by atoms with van der Waals surface area (Å²) in [6.45, 7) is 0.134. The maximum atomic E-state index is 12.0. The van der Waals surface area contributed by atoms with Crippen LogP contribution in [0.25, 0.3) is 22.5 Å². The molecule has 0 aliphatic heterocycles. The minimum Gasteiger partial charge on any atom is -0.457 e. The summed E-state index contributed by atoms with van der Waals surface area (Å²) in [5.74, 6) is 1.30. The molecule has 6 heteroatoms. The van der Waals surface area contributed by atoms with Crippen molar-refractivity contribution in [3.05, 3.63) is 96.8 Å². The molecule has 4 aromatic rings. The normalized spacial score (nSPS) is 10.5. The Morgan fingerprint density at radius 1 is 0.806 bits per heavy atom. The average Bonchev–Trinajstić information content (AvgIpc) is 2.84. The van der Waals surface area contributed by atoms with Crippen LogP contribution in [0.4, 0.5) is 0 Å². The van der Waals surface area contributed by atoms with Gasteiger partial charge in [0.25, 0.3) is 5.91 Å². The fourth-order valence-corrected chi connectivity index (χ4v) is 3.03. The third kappa shape index (κ3) is 5.12. The third-order valence-corrected chi connectivity index (χ3v) is 4.60. The van der Waals surface area contributed by atoms with Gasteiger partial charge in [-0.3, -0.25) is 9.78 Å². The number of aliphatic hydroxyl groups is 1. The van der Waals surface area contributed by atoms with Crippen LogP contribution in [0.2, 0.25) is 0 Å². The van der Waals surface area contributed by atoms with Crippen molar-refractivity contribution in [3.63, 3.8) is 0 Å². The van der Waals surface area contributed by atoms with E-state index in [0.717, 1.165) is 28.3 Å². The molecule has 1 heterocycles. The molecule has 0 aliphatic rings. The van der Waals surface area contributed by atoms with Crippen LogP contribution in [0.5, 0.6) is 11.5 Å². The maximum absolute atomic E-state index is 12.0. The standard InChI is InChI=1S/C25H21N3O3/c29-15-14-27-25(30)20-8-6-18(7-9-20)23-16-26-17-24(28-23)19-10-12-22(13-11-19)31-21-4-2-1-3-5-21/h1-13,16-17,29H,14-15H2,(H,27,30). The van der Waals surface area contributed by atoms with Crippen LogP contribution in [0.1, 0.15) is 10.4 Å². The molecule has 0 aliphatic carbocycles. The molecule has 154 valence electrons. The van der Waals surface area contributed by atoms with E-state index in [9.17, 15) is 4.79 Å². The van der Waals surface area contributed by atoms with Crippen molar-refractivity contribution in [3.8, 4) is 34.0 Å². The van der Waals surface area contributed by atoms with Crippen LogP contribution in [0.3, 0.4) is 0 Å². The van der Waals surface area contributed by atoms with E-state index in [-0.39, 0.29) is 19.1 Å². The monoisotopic (exact) mass is 411 g/mol. The van der Waals surface area contributed by atoms with Gasteiger partial charge in [0.2, 0.25) is 0 Å². The second kappa shape index (κ2) is 9.65. The first-order chi connectivity index (χ1) is 15.2. The average molecular weight is 411 g/mol. The van der Waals surface area contributed by atoms with E-state index in [0.29, 0.717) is 11.3 Å². The summed E-state index contributed by atoms with van der Waals surface area (Å²) < 4.78 is 5.83. The zero-order valence-electron chi connectivity index (χ0n) is 16.7. The van der Waals surface area contributed by atoms with Crippen molar-refractivity contribution < 1.29 is 14.6 Å². The molecule has 0 saturated carbocycles. The Hall–Kier alpha value is -4.03. The molecule has 1 aromatic heterocycles. The van der Waals surface area contributed by atoms with Gasteiger partial charge in [-0.05, 0) is 48.5 Å². The van der Waals surface area contributed by atoms with Crippen LogP contribution in [-0.4, -0.2) is 34.1 Å². The van der Waals surface area contributed by atoms with E-state index in [1.54, 1.807) is 24.5 Å². The van der Waals surface area contributed by atoms with Gasteiger partial charge in [0, 0.05) is 23.2 Å². The van der Waals surface area contributed by atoms with Crippen molar-refractivity contribution in [2.75, 3.05) is 13.2 Å². The second-order valence-electron chi connectivity index (χ2n) is 6.79. The Kier molecular flexibility index (Phi) is 6.30.